The Morgan fingerprint density at radius 1 is 1.63 bits per heavy atom. The normalized spacial score (nSPS) is 21.4. The second kappa shape index (κ2) is 5.56. The lowest BCUT2D eigenvalue weighted by Crippen LogP contribution is -2.43. The van der Waals surface area contributed by atoms with Crippen LogP contribution in [-0.2, 0) is 16.6 Å². The van der Waals surface area contributed by atoms with Gasteiger partial charge in [-0.1, -0.05) is 12.2 Å². The van der Waals surface area contributed by atoms with Crippen LogP contribution in [0.5, 0.6) is 0 Å². The van der Waals surface area contributed by atoms with Gasteiger partial charge in [-0.2, -0.15) is 4.31 Å². The molecule has 1 aliphatic rings. The first-order chi connectivity index (χ1) is 8.95. The Balaban J connectivity index is 2.21. The van der Waals surface area contributed by atoms with Gasteiger partial charge in [0.1, 0.15) is 0 Å². The van der Waals surface area contributed by atoms with E-state index in [1.807, 2.05) is 6.92 Å². The summed E-state index contributed by atoms with van der Waals surface area (Å²) in [5.41, 5.74) is 5.63. The zero-order valence-electron chi connectivity index (χ0n) is 10.8. The maximum absolute atomic E-state index is 12.5. The molecule has 0 radical (unpaired) electrons. The highest BCUT2D eigenvalue weighted by atomic mass is 32.2. The molecule has 1 aromatic heterocycles. The van der Waals surface area contributed by atoms with Crippen molar-refractivity contribution in [3.63, 3.8) is 0 Å². The lowest BCUT2D eigenvalue weighted by atomic mass is 10.0. The molecule has 6 nitrogen and oxygen atoms in total. The van der Waals surface area contributed by atoms with Crippen molar-refractivity contribution in [2.45, 2.75) is 31.3 Å². The molecule has 106 valence electrons. The highest BCUT2D eigenvalue weighted by Gasteiger charge is 2.32. The number of nitrogens with zero attached hydrogens (tertiary/aromatic N) is 3. The van der Waals surface area contributed by atoms with E-state index in [0.717, 1.165) is 12.8 Å². The predicted octanol–water partition coefficient (Wildman–Crippen LogP) is 0.590. The third-order valence-electron chi connectivity index (χ3n) is 3.37. The summed E-state index contributed by atoms with van der Waals surface area (Å²) in [6, 6.07) is 0. The second-order valence-corrected chi connectivity index (χ2v) is 7.00. The van der Waals surface area contributed by atoms with Crippen LogP contribution < -0.4 is 5.73 Å². The SMILES string of the molecule is CCn1cnc(S(=O)(=O)N2CCCC(C(N)=S)C2)c1. The smallest absolute Gasteiger partial charge is 0.262 e. The van der Waals surface area contributed by atoms with Crippen molar-refractivity contribution in [1.82, 2.24) is 13.9 Å². The third-order valence-corrected chi connectivity index (χ3v) is 5.45. The fraction of sp³-hybridized carbons (Fsp3) is 0.636. The first kappa shape index (κ1) is 14.4. The first-order valence-corrected chi connectivity index (χ1v) is 8.11. The summed E-state index contributed by atoms with van der Waals surface area (Å²) in [6.45, 7) is 3.48. The number of hydrogen-bond acceptors (Lipinski definition) is 4. The van der Waals surface area contributed by atoms with Gasteiger partial charge in [-0.05, 0) is 19.8 Å². The molecule has 0 aliphatic carbocycles. The Morgan fingerprint density at radius 2 is 2.37 bits per heavy atom. The van der Waals surface area contributed by atoms with Crippen LogP contribution in [0.15, 0.2) is 17.6 Å². The topological polar surface area (TPSA) is 81.2 Å². The van der Waals surface area contributed by atoms with Gasteiger partial charge in [0.25, 0.3) is 10.0 Å². The lowest BCUT2D eigenvalue weighted by Gasteiger charge is -2.30. The maximum atomic E-state index is 12.5. The van der Waals surface area contributed by atoms with E-state index in [1.165, 1.54) is 10.6 Å². The summed E-state index contributed by atoms with van der Waals surface area (Å²) >= 11 is 4.97. The fourth-order valence-electron chi connectivity index (χ4n) is 2.17. The van der Waals surface area contributed by atoms with Gasteiger partial charge in [0.2, 0.25) is 0 Å². The number of aromatic nitrogens is 2. The van der Waals surface area contributed by atoms with Crippen molar-refractivity contribution in [3.8, 4) is 0 Å². The average molecular weight is 302 g/mol. The summed E-state index contributed by atoms with van der Waals surface area (Å²) in [7, 11) is -3.53. The van der Waals surface area contributed by atoms with Gasteiger partial charge in [0.05, 0.1) is 11.3 Å². The van der Waals surface area contributed by atoms with E-state index >= 15 is 0 Å². The third kappa shape index (κ3) is 2.96. The van der Waals surface area contributed by atoms with E-state index in [9.17, 15) is 8.42 Å². The van der Waals surface area contributed by atoms with Crippen molar-refractivity contribution in [2.24, 2.45) is 11.7 Å². The van der Waals surface area contributed by atoms with Crippen LogP contribution in [0.3, 0.4) is 0 Å². The number of rotatable bonds is 4. The van der Waals surface area contributed by atoms with Gasteiger partial charge in [-0.25, -0.2) is 13.4 Å². The molecule has 1 saturated heterocycles. The van der Waals surface area contributed by atoms with Crippen LogP contribution in [0.1, 0.15) is 19.8 Å². The summed E-state index contributed by atoms with van der Waals surface area (Å²) < 4.78 is 28.1. The van der Waals surface area contributed by atoms with Crippen LogP contribution in [0, 0.1) is 5.92 Å². The zero-order chi connectivity index (χ0) is 14.0. The lowest BCUT2D eigenvalue weighted by molar-refractivity contribution is 0.312. The number of imidazole rings is 1. The van der Waals surface area contributed by atoms with Crippen LogP contribution in [-0.4, -0.2) is 40.4 Å². The molecule has 2 rings (SSSR count). The number of piperidine rings is 1. The molecule has 0 aromatic carbocycles. The Hall–Kier alpha value is -0.990. The summed E-state index contributed by atoms with van der Waals surface area (Å²) in [4.78, 5) is 4.36. The molecule has 1 atom stereocenters. The van der Waals surface area contributed by atoms with Crippen molar-refractivity contribution < 1.29 is 8.42 Å². The zero-order valence-corrected chi connectivity index (χ0v) is 12.5. The van der Waals surface area contributed by atoms with Gasteiger partial charge in [0, 0.05) is 31.7 Å². The standard InChI is InChI=1S/C11H18N4O2S2/c1-2-14-7-10(13-8-14)19(16,17)15-5-3-4-9(6-15)11(12)18/h7-9H,2-6H2,1H3,(H2,12,18). The molecule has 19 heavy (non-hydrogen) atoms. The summed E-state index contributed by atoms with van der Waals surface area (Å²) in [5, 5.41) is 0.0953. The highest BCUT2D eigenvalue weighted by Crippen LogP contribution is 2.23. The van der Waals surface area contributed by atoms with E-state index in [1.54, 1.807) is 10.8 Å². The van der Waals surface area contributed by atoms with Gasteiger partial charge >= 0.3 is 0 Å². The van der Waals surface area contributed by atoms with Crippen LogP contribution in [0.4, 0.5) is 0 Å². The quantitative estimate of drug-likeness (QED) is 0.823. The highest BCUT2D eigenvalue weighted by molar-refractivity contribution is 7.89. The molecule has 2 heterocycles. The molecule has 0 amide bonds. The van der Waals surface area contributed by atoms with Crippen LogP contribution in [0.2, 0.25) is 0 Å². The minimum absolute atomic E-state index is 0.0354. The summed E-state index contributed by atoms with van der Waals surface area (Å²) in [5.74, 6) is -0.0354. The number of aryl methyl sites for hydroxylation is 1. The number of sulfonamides is 1. The Morgan fingerprint density at radius 3 is 2.95 bits per heavy atom. The molecule has 1 unspecified atom stereocenters. The molecular weight excluding hydrogens is 284 g/mol. The van der Waals surface area contributed by atoms with Crippen molar-refractivity contribution in [2.75, 3.05) is 13.1 Å². The molecule has 1 fully saturated rings. The Kier molecular flexibility index (Phi) is 4.22. The van der Waals surface area contributed by atoms with E-state index in [2.05, 4.69) is 4.98 Å². The van der Waals surface area contributed by atoms with Crippen molar-refractivity contribution >= 4 is 27.2 Å². The largest absolute Gasteiger partial charge is 0.393 e. The Labute approximate surface area is 118 Å². The monoisotopic (exact) mass is 302 g/mol. The van der Waals surface area contributed by atoms with Crippen molar-refractivity contribution in [3.05, 3.63) is 12.5 Å². The molecule has 8 heteroatoms. The fourth-order valence-corrected chi connectivity index (χ4v) is 3.82. The van der Waals surface area contributed by atoms with Crippen molar-refractivity contribution in [1.29, 1.82) is 0 Å². The Bertz CT molecular complexity index is 567. The predicted molar refractivity (Wildman–Crippen MR) is 76.2 cm³/mol. The van der Waals surface area contributed by atoms with Gasteiger partial charge in [-0.3, -0.25) is 0 Å². The molecule has 0 bridgehead atoms. The van der Waals surface area contributed by atoms with E-state index < -0.39 is 10.0 Å². The number of thiocarbonyl (C=S) groups is 1. The van der Waals surface area contributed by atoms with Crippen LogP contribution >= 0.6 is 12.2 Å². The molecule has 1 aromatic rings. The summed E-state index contributed by atoms with van der Waals surface area (Å²) in [6.07, 6.45) is 4.71. The van der Waals surface area contributed by atoms with E-state index in [0.29, 0.717) is 24.6 Å². The minimum atomic E-state index is -3.53. The molecule has 1 aliphatic heterocycles. The molecule has 2 N–H and O–H groups in total. The van der Waals surface area contributed by atoms with E-state index in [-0.39, 0.29) is 10.9 Å². The van der Waals surface area contributed by atoms with Gasteiger partial charge in [-0.15, -0.1) is 0 Å². The average Bonchev–Trinajstić information content (AvgIpc) is 2.88. The first-order valence-electron chi connectivity index (χ1n) is 6.26. The number of nitrogens with two attached hydrogens (primary N) is 1. The molecule has 0 spiro atoms. The molecular formula is C11H18N4O2S2. The minimum Gasteiger partial charge on any atom is -0.393 e. The molecule has 0 saturated carbocycles. The van der Waals surface area contributed by atoms with Crippen LogP contribution in [0.25, 0.3) is 0 Å². The second-order valence-electron chi connectivity index (χ2n) is 4.65. The van der Waals surface area contributed by atoms with E-state index in [4.69, 9.17) is 18.0 Å². The van der Waals surface area contributed by atoms with Gasteiger partial charge < -0.3 is 10.3 Å². The van der Waals surface area contributed by atoms with Gasteiger partial charge in [0.15, 0.2) is 5.03 Å². The maximum Gasteiger partial charge on any atom is 0.262 e. The number of hydrogen-bond donors (Lipinski definition) is 1.